The van der Waals surface area contributed by atoms with Crippen LogP contribution in [0.3, 0.4) is 0 Å². The molecule has 94 valence electrons. The van der Waals surface area contributed by atoms with E-state index in [0.29, 0.717) is 18.3 Å². The van der Waals surface area contributed by atoms with E-state index in [0.717, 1.165) is 18.2 Å². The maximum Gasteiger partial charge on any atom is 0.136 e. The summed E-state index contributed by atoms with van der Waals surface area (Å²) in [5.74, 6) is 2.73. The van der Waals surface area contributed by atoms with Gasteiger partial charge in [-0.1, -0.05) is 0 Å². The highest BCUT2D eigenvalue weighted by atomic mass is 16.5. The Morgan fingerprint density at radius 3 is 2.88 bits per heavy atom. The molecule has 1 heterocycles. The number of hydrogen-bond acceptors (Lipinski definition) is 5. The highest BCUT2D eigenvalue weighted by molar-refractivity contribution is 5.45. The van der Waals surface area contributed by atoms with Crippen LogP contribution in [-0.2, 0) is 4.74 Å². The lowest BCUT2D eigenvalue weighted by Gasteiger charge is -2.10. The van der Waals surface area contributed by atoms with Gasteiger partial charge in [0.1, 0.15) is 17.5 Å². The van der Waals surface area contributed by atoms with Crippen LogP contribution in [0.15, 0.2) is 6.07 Å². The molecule has 0 radical (unpaired) electrons. The summed E-state index contributed by atoms with van der Waals surface area (Å²) < 4.78 is 5.45. The molecule has 1 saturated carbocycles. The molecule has 17 heavy (non-hydrogen) atoms. The van der Waals surface area contributed by atoms with Crippen molar-refractivity contribution in [2.75, 3.05) is 24.2 Å². The fourth-order valence-corrected chi connectivity index (χ4v) is 1.57. The van der Waals surface area contributed by atoms with Crippen molar-refractivity contribution in [2.45, 2.75) is 38.7 Å². The number of aromatic nitrogens is 2. The van der Waals surface area contributed by atoms with E-state index in [2.05, 4.69) is 15.3 Å². The van der Waals surface area contributed by atoms with Gasteiger partial charge in [0, 0.05) is 18.5 Å². The van der Waals surface area contributed by atoms with E-state index in [9.17, 15) is 0 Å². The Balaban J connectivity index is 1.87. The third-order valence-corrected chi connectivity index (χ3v) is 2.57. The van der Waals surface area contributed by atoms with Crippen LogP contribution < -0.4 is 11.1 Å². The minimum Gasteiger partial charge on any atom is -0.384 e. The zero-order valence-corrected chi connectivity index (χ0v) is 10.4. The highest BCUT2D eigenvalue weighted by Crippen LogP contribution is 2.38. The second-order valence-electron chi connectivity index (χ2n) is 4.66. The molecule has 1 aromatic heterocycles. The Morgan fingerprint density at radius 1 is 1.47 bits per heavy atom. The number of nitrogens with one attached hydrogen (secondary N) is 1. The van der Waals surface area contributed by atoms with E-state index in [4.69, 9.17) is 10.5 Å². The molecule has 1 fully saturated rings. The molecule has 2 rings (SSSR count). The van der Waals surface area contributed by atoms with Crippen LogP contribution in [0, 0.1) is 0 Å². The fraction of sp³-hybridized carbons (Fsp3) is 0.667. The molecule has 1 aliphatic carbocycles. The zero-order valence-electron chi connectivity index (χ0n) is 10.4. The second-order valence-corrected chi connectivity index (χ2v) is 4.66. The highest BCUT2D eigenvalue weighted by Gasteiger charge is 2.27. The van der Waals surface area contributed by atoms with E-state index in [1.807, 2.05) is 13.8 Å². The summed E-state index contributed by atoms with van der Waals surface area (Å²) in [6.45, 7) is 5.45. The molecule has 0 bridgehead atoms. The first-order valence-electron chi connectivity index (χ1n) is 6.15. The van der Waals surface area contributed by atoms with Gasteiger partial charge in [-0.25, -0.2) is 9.97 Å². The van der Waals surface area contributed by atoms with Crippen LogP contribution in [0.2, 0.25) is 0 Å². The predicted octanol–water partition coefficient (Wildman–Crippen LogP) is 1.77. The van der Waals surface area contributed by atoms with Gasteiger partial charge in [-0.15, -0.1) is 0 Å². The van der Waals surface area contributed by atoms with Crippen molar-refractivity contribution in [3.05, 3.63) is 11.9 Å². The summed E-state index contributed by atoms with van der Waals surface area (Å²) in [7, 11) is 0. The summed E-state index contributed by atoms with van der Waals surface area (Å²) >= 11 is 0. The minimum absolute atomic E-state index is 0.259. The quantitative estimate of drug-likeness (QED) is 0.736. The summed E-state index contributed by atoms with van der Waals surface area (Å²) in [5.41, 5.74) is 5.76. The lowest BCUT2D eigenvalue weighted by molar-refractivity contribution is 0.0870. The van der Waals surface area contributed by atoms with Gasteiger partial charge in [0.15, 0.2) is 0 Å². The average Bonchev–Trinajstić information content (AvgIpc) is 3.07. The molecule has 3 N–H and O–H groups in total. The Bertz CT molecular complexity index is 377. The third kappa shape index (κ3) is 3.85. The second kappa shape index (κ2) is 5.31. The van der Waals surface area contributed by atoms with Gasteiger partial charge in [0.25, 0.3) is 0 Å². The number of rotatable bonds is 6. The Labute approximate surface area is 102 Å². The molecule has 5 nitrogen and oxygen atoms in total. The van der Waals surface area contributed by atoms with Crippen molar-refractivity contribution < 1.29 is 4.74 Å². The Kier molecular flexibility index (Phi) is 3.78. The molecule has 5 heteroatoms. The first kappa shape index (κ1) is 12.1. The number of anilines is 2. The first-order valence-corrected chi connectivity index (χ1v) is 6.15. The number of hydrogen-bond donors (Lipinski definition) is 2. The van der Waals surface area contributed by atoms with Gasteiger partial charge in [-0.05, 0) is 26.7 Å². The smallest absolute Gasteiger partial charge is 0.136 e. The maximum absolute atomic E-state index is 5.76. The van der Waals surface area contributed by atoms with Crippen LogP contribution in [0.1, 0.15) is 38.4 Å². The number of nitrogens with two attached hydrogens (primary N) is 1. The van der Waals surface area contributed by atoms with Crippen LogP contribution in [-0.4, -0.2) is 29.2 Å². The molecule has 0 aromatic carbocycles. The molecule has 0 amide bonds. The normalized spacial score (nSPS) is 15.2. The van der Waals surface area contributed by atoms with Crippen LogP contribution in [0.5, 0.6) is 0 Å². The fourth-order valence-electron chi connectivity index (χ4n) is 1.57. The van der Waals surface area contributed by atoms with Gasteiger partial charge in [0.2, 0.25) is 0 Å². The SMILES string of the molecule is CC(C)OCCNc1cc(N)nc(C2CC2)n1. The predicted molar refractivity (Wildman–Crippen MR) is 68.0 cm³/mol. The zero-order chi connectivity index (χ0) is 12.3. The lowest BCUT2D eigenvalue weighted by atomic mass is 10.4. The molecular weight excluding hydrogens is 216 g/mol. The summed E-state index contributed by atoms with van der Waals surface area (Å²) in [6.07, 6.45) is 2.62. The van der Waals surface area contributed by atoms with Gasteiger partial charge in [-0.3, -0.25) is 0 Å². The molecule has 1 aromatic rings. The molecular formula is C12H20N4O. The number of ether oxygens (including phenoxy) is 1. The Hall–Kier alpha value is -1.36. The van der Waals surface area contributed by atoms with Crippen molar-refractivity contribution in [2.24, 2.45) is 0 Å². The lowest BCUT2D eigenvalue weighted by Crippen LogP contribution is -2.14. The van der Waals surface area contributed by atoms with Crippen molar-refractivity contribution in [1.29, 1.82) is 0 Å². The van der Waals surface area contributed by atoms with Gasteiger partial charge >= 0.3 is 0 Å². The average molecular weight is 236 g/mol. The van der Waals surface area contributed by atoms with E-state index in [-0.39, 0.29) is 6.10 Å². The molecule has 0 unspecified atom stereocenters. The monoisotopic (exact) mass is 236 g/mol. The third-order valence-electron chi connectivity index (χ3n) is 2.57. The summed E-state index contributed by atoms with van der Waals surface area (Å²) in [6, 6.07) is 1.77. The molecule has 0 spiro atoms. The number of nitrogen functional groups attached to an aromatic ring is 1. The van der Waals surface area contributed by atoms with E-state index >= 15 is 0 Å². The van der Waals surface area contributed by atoms with E-state index < -0.39 is 0 Å². The summed E-state index contributed by atoms with van der Waals surface area (Å²) in [5, 5.41) is 3.21. The van der Waals surface area contributed by atoms with Gasteiger partial charge in [0.05, 0.1) is 12.7 Å². The van der Waals surface area contributed by atoms with Crippen LogP contribution in [0.25, 0.3) is 0 Å². The van der Waals surface area contributed by atoms with E-state index in [1.165, 1.54) is 12.8 Å². The molecule has 0 aliphatic heterocycles. The van der Waals surface area contributed by atoms with Gasteiger partial charge in [-0.2, -0.15) is 0 Å². The van der Waals surface area contributed by atoms with Crippen LogP contribution >= 0.6 is 0 Å². The van der Waals surface area contributed by atoms with Crippen molar-refractivity contribution in [3.63, 3.8) is 0 Å². The Morgan fingerprint density at radius 2 is 2.24 bits per heavy atom. The first-order chi connectivity index (χ1) is 8.15. The molecule has 0 saturated heterocycles. The van der Waals surface area contributed by atoms with Gasteiger partial charge < -0.3 is 15.8 Å². The van der Waals surface area contributed by atoms with Crippen molar-refractivity contribution >= 4 is 11.6 Å². The molecule has 0 atom stereocenters. The van der Waals surface area contributed by atoms with E-state index in [1.54, 1.807) is 6.07 Å². The largest absolute Gasteiger partial charge is 0.384 e. The van der Waals surface area contributed by atoms with Crippen LogP contribution in [0.4, 0.5) is 11.6 Å². The molecule has 1 aliphatic rings. The van der Waals surface area contributed by atoms with Crippen molar-refractivity contribution in [1.82, 2.24) is 9.97 Å². The topological polar surface area (TPSA) is 73.1 Å². The standard InChI is InChI=1S/C12H20N4O/c1-8(2)17-6-5-14-11-7-10(13)15-12(16-11)9-3-4-9/h7-9H,3-6H2,1-2H3,(H3,13,14,15,16). The minimum atomic E-state index is 0.259. The summed E-state index contributed by atoms with van der Waals surface area (Å²) in [4.78, 5) is 8.70. The number of nitrogens with zero attached hydrogens (tertiary/aromatic N) is 2. The van der Waals surface area contributed by atoms with Crippen molar-refractivity contribution in [3.8, 4) is 0 Å². The maximum atomic E-state index is 5.76.